The smallest absolute Gasteiger partial charge is 0.272 e. The molecule has 0 bridgehead atoms. The number of carbonyl (C=O) groups excluding carboxylic acids is 1. The van der Waals surface area contributed by atoms with Crippen molar-refractivity contribution in [2.75, 3.05) is 18.4 Å². The fourth-order valence-corrected chi connectivity index (χ4v) is 3.70. The topological polar surface area (TPSA) is 67.2 Å². The number of anilines is 1. The summed E-state index contributed by atoms with van der Waals surface area (Å²) < 4.78 is 1.38. The van der Waals surface area contributed by atoms with Crippen LogP contribution in [0, 0.1) is 0 Å². The molecule has 1 fully saturated rings. The van der Waals surface area contributed by atoms with Gasteiger partial charge in [-0.25, -0.2) is 0 Å². The first-order valence-corrected chi connectivity index (χ1v) is 9.69. The third kappa shape index (κ3) is 3.82. The van der Waals surface area contributed by atoms with E-state index >= 15 is 0 Å². The summed E-state index contributed by atoms with van der Waals surface area (Å²) in [6, 6.07) is 12.8. The zero-order valence-electron chi connectivity index (χ0n) is 16.0. The first-order valence-electron chi connectivity index (χ1n) is 9.69. The van der Waals surface area contributed by atoms with Gasteiger partial charge in [0.05, 0.1) is 17.6 Å². The van der Waals surface area contributed by atoms with Gasteiger partial charge in [0.1, 0.15) is 5.69 Å². The van der Waals surface area contributed by atoms with Crippen LogP contribution in [0.3, 0.4) is 0 Å². The Kier molecular flexibility index (Phi) is 5.21. The molecule has 3 heterocycles. The van der Waals surface area contributed by atoms with Crippen molar-refractivity contribution in [3.05, 3.63) is 70.4 Å². The minimum atomic E-state index is -0.323. The van der Waals surface area contributed by atoms with Gasteiger partial charge in [-0.2, -0.15) is 0 Å². The number of fused-ring (bicyclic) bond motifs is 1. The van der Waals surface area contributed by atoms with Gasteiger partial charge in [-0.3, -0.25) is 19.5 Å². The lowest BCUT2D eigenvalue weighted by Gasteiger charge is -2.25. The number of amides is 1. The molecule has 0 unspecified atom stereocenters. The van der Waals surface area contributed by atoms with E-state index in [1.807, 2.05) is 30.3 Å². The van der Waals surface area contributed by atoms with Crippen LogP contribution in [0.5, 0.6) is 0 Å². The predicted octanol–water partition coefficient (Wildman–Crippen LogP) is 3.17. The fraction of sp³-hybridized carbons (Fsp3) is 0.318. The summed E-state index contributed by atoms with van der Waals surface area (Å²) in [5.74, 6) is -0.323. The maximum atomic E-state index is 12.7. The molecular formula is C22H24N4O2. The highest BCUT2D eigenvalue weighted by Crippen LogP contribution is 2.15. The van der Waals surface area contributed by atoms with Gasteiger partial charge in [-0.05, 0) is 55.6 Å². The van der Waals surface area contributed by atoms with E-state index in [2.05, 4.69) is 15.2 Å². The Bertz CT molecular complexity index is 1050. The molecule has 0 spiro atoms. The summed E-state index contributed by atoms with van der Waals surface area (Å²) in [7, 11) is 1.61. The van der Waals surface area contributed by atoms with Crippen molar-refractivity contribution in [3.63, 3.8) is 0 Å². The van der Waals surface area contributed by atoms with Crippen molar-refractivity contribution < 1.29 is 4.79 Å². The lowest BCUT2D eigenvalue weighted by Crippen LogP contribution is -2.29. The second-order valence-corrected chi connectivity index (χ2v) is 7.31. The van der Waals surface area contributed by atoms with Crippen molar-refractivity contribution in [1.82, 2.24) is 14.5 Å². The molecule has 4 rings (SSSR count). The highest BCUT2D eigenvalue weighted by Gasteiger charge is 2.14. The Morgan fingerprint density at radius 2 is 1.89 bits per heavy atom. The Morgan fingerprint density at radius 1 is 1.11 bits per heavy atom. The molecule has 0 saturated carbocycles. The largest absolute Gasteiger partial charge is 0.319 e. The van der Waals surface area contributed by atoms with Gasteiger partial charge in [-0.1, -0.05) is 24.6 Å². The summed E-state index contributed by atoms with van der Waals surface area (Å²) in [4.78, 5) is 32.1. The maximum absolute atomic E-state index is 12.7. The third-order valence-electron chi connectivity index (χ3n) is 5.30. The van der Waals surface area contributed by atoms with Crippen LogP contribution >= 0.6 is 0 Å². The number of hydrogen-bond donors (Lipinski definition) is 1. The number of nitrogens with one attached hydrogen (secondary N) is 1. The molecule has 28 heavy (non-hydrogen) atoms. The van der Waals surface area contributed by atoms with Crippen molar-refractivity contribution in [2.45, 2.75) is 25.8 Å². The van der Waals surface area contributed by atoms with Crippen LogP contribution in [0.15, 0.2) is 53.5 Å². The molecule has 1 aliphatic heterocycles. The van der Waals surface area contributed by atoms with Crippen molar-refractivity contribution in [3.8, 4) is 0 Å². The zero-order chi connectivity index (χ0) is 19.5. The quantitative estimate of drug-likeness (QED) is 0.759. The SMILES string of the molecule is Cn1c(C(=O)Nc2ccc(CN3CCCCC3)nc2)cc2ccccc2c1=O. The fourth-order valence-electron chi connectivity index (χ4n) is 3.70. The Balaban J connectivity index is 1.50. The molecule has 0 aliphatic carbocycles. The molecule has 144 valence electrons. The summed E-state index contributed by atoms with van der Waals surface area (Å²) >= 11 is 0. The van der Waals surface area contributed by atoms with Gasteiger partial charge in [-0.15, -0.1) is 0 Å². The molecule has 6 heteroatoms. The minimum absolute atomic E-state index is 0.182. The van der Waals surface area contributed by atoms with Crippen molar-refractivity contribution in [1.29, 1.82) is 0 Å². The molecule has 1 N–H and O–H groups in total. The molecule has 1 amide bonds. The van der Waals surface area contributed by atoms with Crippen LogP contribution < -0.4 is 10.9 Å². The van der Waals surface area contributed by atoms with Gasteiger partial charge in [0.2, 0.25) is 0 Å². The Hall–Kier alpha value is -2.99. The average molecular weight is 376 g/mol. The standard InChI is InChI=1S/C22H24N4O2/c1-25-20(13-16-7-3-4-8-19(16)22(25)28)21(27)24-17-9-10-18(23-14-17)15-26-11-5-2-6-12-26/h3-4,7-10,13-14H,2,5-6,11-12,15H2,1H3,(H,24,27). The first kappa shape index (κ1) is 18.4. The van der Waals surface area contributed by atoms with Crippen LogP contribution in [0.4, 0.5) is 5.69 Å². The van der Waals surface area contributed by atoms with E-state index in [9.17, 15) is 9.59 Å². The van der Waals surface area contributed by atoms with E-state index in [1.54, 1.807) is 25.4 Å². The first-order chi connectivity index (χ1) is 13.6. The van der Waals surface area contributed by atoms with Gasteiger partial charge in [0.25, 0.3) is 11.5 Å². The number of rotatable bonds is 4. The monoisotopic (exact) mass is 376 g/mol. The number of benzene rings is 1. The van der Waals surface area contributed by atoms with Crippen molar-refractivity contribution in [2.24, 2.45) is 7.05 Å². The molecule has 1 saturated heterocycles. The van der Waals surface area contributed by atoms with Crippen LogP contribution in [0.1, 0.15) is 35.4 Å². The summed E-state index contributed by atoms with van der Waals surface area (Å²) in [5, 5.41) is 4.20. The second-order valence-electron chi connectivity index (χ2n) is 7.31. The normalized spacial score (nSPS) is 14.9. The predicted molar refractivity (Wildman–Crippen MR) is 111 cm³/mol. The molecule has 1 aliphatic rings. The van der Waals surface area contributed by atoms with Gasteiger partial charge >= 0.3 is 0 Å². The highest BCUT2D eigenvalue weighted by molar-refractivity contribution is 6.04. The van der Waals surface area contributed by atoms with E-state index in [1.165, 1.54) is 23.8 Å². The number of likely N-dealkylation sites (tertiary alicyclic amines) is 1. The van der Waals surface area contributed by atoms with E-state index < -0.39 is 0 Å². The lowest BCUT2D eigenvalue weighted by atomic mass is 10.1. The Morgan fingerprint density at radius 3 is 2.64 bits per heavy atom. The molecule has 0 radical (unpaired) electrons. The summed E-state index contributed by atoms with van der Waals surface area (Å²) in [6.45, 7) is 3.08. The van der Waals surface area contributed by atoms with Gasteiger partial charge in [0.15, 0.2) is 0 Å². The Labute approximate surface area is 163 Å². The zero-order valence-corrected chi connectivity index (χ0v) is 16.0. The van der Waals surface area contributed by atoms with E-state index in [0.717, 1.165) is 30.7 Å². The van der Waals surface area contributed by atoms with Crippen LogP contribution in [0.25, 0.3) is 10.8 Å². The van der Waals surface area contributed by atoms with Gasteiger partial charge in [0, 0.05) is 19.0 Å². The van der Waals surface area contributed by atoms with E-state index in [0.29, 0.717) is 16.8 Å². The maximum Gasteiger partial charge on any atom is 0.272 e. The van der Waals surface area contributed by atoms with E-state index in [-0.39, 0.29) is 11.5 Å². The summed E-state index contributed by atoms with van der Waals surface area (Å²) in [6.07, 6.45) is 5.49. The number of carbonyl (C=O) groups is 1. The van der Waals surface area contributed by atoms with Crippen LogP contribution in [-0.4, -0.2) is 33.4 Å². The molecular weight excluding hydrogens is 352 g/mol. The molecule has 3 aromatic rings. The molecule has 2 aromatic heterocycles. The van der Waals surface area contributed by atoms with E-state index in [4.69, 9.17) is 0 Å². The number of nitrogens with zero attached hydrogens (tertiary/aromatic N) is 3. The average Bonchev–Trinajstić information content (AvgIpc) is 2.73. The van der Waals surface area contributed by atoms with Crippen LogP contribution in [-0.2, 0) is 13.6 Å². The highest BCUT2D eigenvalue weighted by atomic mass is 16.2. The number of hydrogen-bond acceptors (Lipinski definition) is 4. The second kappa shape index (κ2) is 7.94. The molecule has 0 atom stereocenters. The minimum Gasteiger partial charge on any atom is -0.319 e. The van der Waals surface area contributed by atoms with Gasteiger partial charge < -0.3 is 9.88 Å². The summed E-state index contributed by atoms with van der Waals surface area (Å²) in [5.41, 5.74) is 1.75. The number of piperidine rings is 1. The molecule has 6 nitrogen and oxygen atoms in total. The molecule has 1 aromatic carbocycles. The third-order valence-corrected chi connectivity index (χ3v) is 5.30. The number of aromatic nitrogens is 2. The number of pyridine rings is 2. The van der Waals surface area contributed by atoms with Crippen molar-refractivity contribution >= 4 is 22.4 Å². The lowest BCUT2D eigenvalue weighted by molar-refractivity contribution is 0.101. The van der Waals surface area contributed by atoms with Crippen LogP contribution in [0.2, 0.25) is 0 Å².